The molecule has 0 aliphatic carbocycles. The van der Waals surface area contributed by atoms with Gasteiger partial charge in [0, 0.05) is 36.8 Å². The lowest BCUT2D eigenvalue weighted by Crippen LogP contribution is -2.14. The predicted molar refractivity (Wildman–Crippen MR) is 190 cm³/mol. The minimum atomic E-state index is -4.44. The molecule has 2 aromatic carbocycles. The number of para-hydroxylation sites is 1. The Labute approximate surface area is 285 Å². The van der Waals surface area contributed by atoms with Crippen LogP contribution >= 0.6 is 11.3 Å². The molecule has 0 atom stereocenters. The summed E-state index contributed by atoms with van der Waals surface area (Å²) in [5.41, 5.74) is 3.20. The Morgan fingerprint density at radius 2 is 1.35 bits per heavy atom. The number of pyridine rings is 1. The van der Waals surface area contributed by atoms with E-state index in [1.807, 2.05) is 73.8 Å². The molecule has 0 radical (unpaired) electrons. The summed E-state index contributed by atoms with van der Waals surface area (Å²) in [7, 11) is 0. The zero-order valence-corrected chi connectivity index (χ0v) is 28.1. The monoisotopic (exact) mass is 684 g/mol. The van der Waals surface area contributed by atoms with Gasteiger partial charge in [-0.2, -0.15) is 28.4 Å². The van der Waals surface area contributed by atoms with Crippen molar-refractivity contribution >= 4 is 56.0 Å². The number of nitrogens with one attached hydrogen (secondary N) is 4. The number of nitrogens with zero attached hydrogens (tertiary/aromatic N) is 6. The van der Waals surface area contributed by atoms with Gasteiger partial charge in [-0.1, -0.05) is 30.3 Å². The van der Waals surface area contributed by atoms with E-state index in [9.17, 15) is 13.2 Å². The maximum Gasteiger partial charge on any atom is 0.433 e. The summed E-state index contributed by atoms with van der Waals surface area (Å²) in [6.45, 7) is 9.04. The number of hydrogen-bond donors (Lipinski definition) is 4. The largest absolute Gasteiger partial charge is 0.433 e. The van der Waals surface area contributed by atoms with E-state index in [2.05, 4.69) is 66.1 Å². The Bertz CT molecular complexity index is 2040. The van der Waals surface area contributed by atoms with Crippen molar-refractivity contribution < 1.29 is 13.2 Å². The van der Waals surface area contributed by atoms with Crippen LogP contribution in [0.1, 0.15) is 50.1 Å². The first-order valence-corrected chi connectivity index (χ1v) is 16.4. The van der Waals surface area contributed by atoms with Crippen LogP contribution in [0.5, 0.6) is 0 Å². The van der Waals surface area contributed by atoms with Crippen LogP contribution in [0.15, 0.2) is 78.3 Å². The number of rotatable bonds is 10. The molecule has 0 saturated heterocycles. The van der Waals surface area contributed by atoms with Gasteiger partial charge in [-0.25, -0.2) is 9.97 Å². The summed E-state index contributed by atoms with van der Waals surface area (Å²) in [6, 6.07) is 22.0. The number of halogens is 3. The van der Waals surface area contributed by atoms with Gasteiger partial charge in [-0.05, 0) is 80.6 Å². The molecule has 0 spiro atoms. The van der Waals surface area contributed by atoms with Crippen LogP contribution < -0.4 is 21.3 Å². The van der Waals surface area contributed by atoms with Crippen LogP contribution in [-0.2, 0) is 19.3 Å². The van der Waals surface area contributed by atoms with E-state index in [4.69, 9.17) is 5.26 Å². The van der Waals surface area contributed by atoms with Crippen molar-refractivity contribution in [3.05, 3.63) is 101 Å². The van der Waals surface area contributed by atoms with E-state index >= 15 is 0 Å². The van der Waals surface area contributed by atoms with Gasteiger partial charge in [0.1, 0.15) is 17.3 Å². The second-order valence-electron chi connectivity index (χ2n) is 11.6. The lowest BCUT2D eigenvalue weighted by molar-refractivity contribution is -0.141. The Morgan fingerprint density at radius 1 is 0.735 bits per heavy atom. The minimum absolute atomic E-state index is 0.170. The summed E-state index contributed by atoms with van der Waals surface area (Å²) >= 11 is 1.62. The van der Waals surface area contributed by atoms with Gasteiger partial charge >= 0.3 is 6.18 Å². The van der Waals surface area contributed by atoms with E-state index in [1.165, 1.54) is 12.3 Å². The molecule has 0 bridgehead atoms. The molecule has 6 rings (SSSR count). The molecule has 0 unspecified atom stereocenters. The number of hydrogen-bond acceptors (Lipinski definition) is 11. The van der Waals surface area contributed by atoms with E-state index in [1.54, 1.807) is 11.3 Å². The molecular weight excluding hydrogens is 650 g/mol. The van der Waals surface area contributed by atoms with Crippen molar-refractivity contribution in [1.82, 2.24) is 24.9 Å². The topological polar surface area (TPSA) is 136 Å². The maximum absolute atomic E-state index is 12.6. The number of alkyl halides is 3. The molecule has 0 aliphatic rings. The fourth-order valence-corrected chi connectivity index (χ4v) is 5.40. The smallest absolute Gasteiger partial charge is 0.365 e. The van der Waals surface area contributed by atoms with E-state index in [0.717, 1.165) is 38.6 Å². The summed E-state index contributed by atoms with van der Waals surface area (Å²) in [4.78, 5) is 21.5. The highest BCUT2D eigenvalue weighted by Gasteiger charge is 2.32. The average molecular weight is 685 g/mol. The van der Waals surface area contributed by atoms with Crippen molar-refractivity contribution in [3.63, 3.8) is 0 Å². The SMILES string of the molecule is CC(C)Nc1nc(NCc2ccc(C#N)cc2)c2sccc2n1.CC(C)Nc1nc(NCc2ccc(C(F)(F)F)nc2)c2ccccc2n1. The van der Waals surface area contributed by atoms with Crippen molar-refractivity contribution in [3.8, 4) is 6.07 Å². The summed E-state index contributed by atoms with van der Waals surface area (Å²) < 4.78 is 38.8. The van der Waals surface area contributed by atoms with Crippen LogP contribution in [0.4, 0.5) is 36.7 Å². The Balaban J connectivity index is 0.000000192. The minimum Gasteiger partial charge on any atom is -0.365 e. The number of aromatic nitrogens is 5. The molecular formula is C35H35F3N10S. The molecule has 4 heterocycles. The zero-order valence-electron chi connectivity index (χ0n) is 27.3. The van der Waals surface area contributed by atoms with Gasteiger partial charge in [0.2, 0.25) is 11.9 Å². The molecule has 0 fully saturated rings. The highest BCUT2D eigenvalue weighted by Crippen LogP contribution is 2.29. The third-order valence-corrected chi connectivity index (χ3v) is 7.77. The van der Waals surface area contributed by atoms with Gasteiger partial charge < -0.3 is 21.3 Å². The lowest BCUT2D eigenvalue weighted by Gasteiger charge is -2.13. The third kappa shape index (κ3) is 9.51. The van der Waals surface area contributed by atoms with Gasteiger partial charge in [-0.3, -0.25) is 4.98 Å². The fraction of sp³-hybridized carbons (Fsp3) is 0.257. The quantitative estimate of drug-likeness (QED) is 0.111. The van der Waals surface area contributed by atoms with Gasteiger partial charge in [-0.15, -0.1) is 11.3 Å². The standard InChI is InChI=1S/C18H18F3N5.C17H17N5S/c1-11(2)24-17-25-14-6-4-3-5-13(14)16(26-17)23-10-12-7-8-15(22-9-12)18(19,20)21;1-11(2)20-17-21-14-7-8-23-15(14)16(22-17)19-10-13-5-3-12(9-18)4-6-13/h3-9,11H,10H2,1-2H3,(H2,23,24,25,26);3-8,11H,10H2,1-2H3,(H2,19,20,21,22). The molecule has 0 amide bonds. The third-order valence-electron chi connectivity index (χ3n) is 6.86. The van der Waals surface area contributed by atoms with Crippen LogP contribution in [0.25, 0.3) is 21.1 Å². The van der Waals surface area contributed by atoms with Crippen LogP contribution in [0.2, 0.25) is 0 Å². The molecule has 14 heteroatoms. The highest BCUT2D eigenvalue weighted by molar-refractivity contribution is 7.17. The number of benzene rings is 2. The normalized spacial score (nSPS) is 11.3. The van der Waals surface area contributed by atoms with Crippen molar-refractivity contribution in [1.29, 1.82) is 5.26 Å². The predicted octanol–water partition coefficient (Wildman–Crippen LogP) is 8.47. The number of fused-ring (bicyclic) bond motifs is 2. The zero-order chi connectivity index (χ0) is 35.0. The molecule has 252 valence electrons. The van der Waals surface area contributed by atoms with E-state index < -0.39 is 11.9 Å². The molecule has 49 heavy (non-hydrogen) atoms. The number of thiophene rings is 1. The Morgan fingerprint density at radius 3 is 1.98 bits per heavy atom. The highest BCUT2D eigenvalue weighted by atomic mass is 32.1. The Hall–Kier alpha value is -5.55. The maximum atomic E-state index is 12.6. The van der Waals surface area contributed by atoms with Crippen molar-refractivity contribution in [2.45, 2.75) is 59.0 Å². The van der Waals surface area contributed by atoms with Gasteiger partial charge in [0.25, 0.3) is 0 Å². The van der Waals surface area contributed by atoms with Crippen molar-refractivity contribution in [2.75, 3.05) is 21.3 Å². The van der Waals surface area contributed by atoms with E-state index in [0.29, 0.717) is 41.9 Å². The van der Waals surface area contributed by atoms with E-state index in [-0.39, 0.29) is 12.1 Å². The summed E-state index contributed by atoms with van der Waals surface area (Å²) in [6.07, 6.45) is -3.22. The number of anilines is 4. The van der Waals surface area contributed by atoms with Crippen LogP contribution in [0.3, 0.4) is 0 Å². The molecule has 10 nitrogen and oxygen atoms in total. The summed E-state index contributed by atoms with van der Waals surface area (Å²) in [5, 5.41) is 24.6. The first-order chi connectivity index (χ1) is 23.5. The molecule has 6 aromatic rings. The van der Waals surface area contributed by atoms with Crippen LogP contribution in [-0.4, -0.2) is 37.0 Å². The Kier molecular flexibility index (Phi) is 11.0. The first kappa shape index (κ1) is 34.8. The second-order valence-corrected chi connectivity index (χ2v) is 12.5. The fourth-order valence-electron chi connectivity index (χ4n) is 4.61. The molecule has 0 saturated carbocycles. The first-order valence-electron chi connectivity index (χ1n) is 15.5. The van der Waals surface area contributed by atoms with Gasteiger partial charge in [0.15, 0.2) is 0 Å². The molecule has 0 aliphatic heterocycles. The second kappa shape index (κ2) is 15.6. The lowest BCUT2D eigenvalue weighted by atomic mass is 10.1. The molecule has 4 aromatic heterocycles. The average Bonchev–Trinajstić information content (AvgIpc) is 3.55. The van der Waals surface area contributed by atoms with Crippen LogP contribution in [0, 0.1) is 11.3 Å². The number of nitriles is 1. The van der Waals surface area contributed by atoms with Crippen molar-refractivity contribution in [2.24, 2.45) is 0 Å². The molecule has 4 N–H and O–H groups in total. The summed E-state index contributed by atoms with van der Waals surface area (Å²) in [5.74, 6) is 2.57. The van der Waals surface area contributed by atoms with Gasteiger partial charge in [0.05, 0.1) is 27.4 Å².